The molecule has 1 heteroatoms. The molecule has 2 heterocycles. The quantitative estimate of drug-likeness (QED) is 0.598. The van der Waals surface area contributed by atoms with Gasteiger partial charge in [0.05, 0.1) is 0 Å². The molecule has 0 radical (unpaired) electrons. The van der Waals surface area contributed by atoms with E-state index in [1.54, 1.807) is 0 Å². The van der Waals surface area contributed by atoms with E-state index in [0.717, 1.165) is 12.0 Å². The van der Waals surface area contributed by atoms with Gasteiger partial charge in [0.1, 0.15) is 0 Å². The highest BCUT2D eigenvalue weighted by Gasteiger charge is 2.53. The molecule has 1 nitrogen and oxygen atoms in total. The first-order chi connectivity index (χ1) is 6.36. The van der Waals surface area contributed by atoms with Gasteiger partial charge in [-0.05, 0) is 51.0 Å². The maximum absolute atomic E-state index is 2.89. The fraction of sp³-hybridized carbons (Fsp3) is 1.00. The van der Waals surface area contributed by atoms with Crippen molar-refractivity contribution < 1.29 is 0 Å². The van der Waals surface area contributed by atoms with E-state index in [4.69, 9.17) is 0 Å². The molecule has 3 fully saturated rings. The average molecular weight is 179 g/mol. The number of hydrogen-bond acceptors (Lipinski definition) is 1. The Morgan fingerprint density at radius 1 is 1.31 bits per heavy atom. The normalized spacial score (nSPS) is 49.6. The van der Waals surface area contributed by atoms with Crippen molar-refractivity contribution in [1.29, 1.82) is 0 Å². The van der Waals surface area contributed by atoms with E-state index in [0.29, 0.717) is 5.54 Å². The first-order valence-corrected chi connectivity index (χ1v) is 6.12. The van der Waals surface area contributed by atoms with Gasteiger partial charge in [0.15, 0.2) is 0 Å². The molecule has 3 rings (SSSR count). The summed E-state index contributed by atoms with van der Waals surface area (Å²) in [5.74, 6) is 1.08. The largest absolute Gasteiger partial charge is 0.294 e. The molecule has 0 aromatic heterocycles. The molecule has 2 aliphatic heterocycles. The third-order valence-corrected chi connectivity index (χ3v) is 4.97. The minimum atomic E-state index is 0.676. The van der Waals surface area contributed by atoms with Crippen molar-refractivity contribution in [2.75, 3.05) is 6.54 Å². The first kappa shape index (κ1) is 8.28. The van der Waals surface area contributed by atoms with Gasteiger partial charge in [-0.3, -0.25) is 4.90 Å². The van der Waals surface area contributed by atoms with Crippen molar-refractivity contribution in [3.63, 3.8) is 0 Å². The van der Waals surface area contributed by atoms with E-state index < -0.39 is 0 Å². The molecule has 3 unspecified atom stereocenters. The van der Waals surface area contributed by atoms with E-state index in [-0.39, 0.29) is 0 Å². The Bertz CT molecular complexity index is 213. The van der Waals surface area contributed by atoms with E-state index in [1.165, 1.54) is 51.5 Å². The number of fused-ring (bicyclic) bond motifs is 3. The highest BCUT2D eigenvalue weighted by atomic mass is 15.3. The Kier molecular flexibility index (Phi) is 1.74. The number of rotatable bonds is 1. The zero-order chi connectivity index (χ0) is 8.89. The fourth-order valence-electron chi connectivity index (χ4n) is 4.37. The average Bonchev–Trinajstić information content (AvgIpc) is 2.72. The number of nitrogens with zero attached hydrogens (tertiary/aromatic N) is 1. The van der Waals surface area contributed by atoms with Gasteiger partial charge in [0, 0.05) is 11.6 Å². The molecular formula is C12H21N. The molecule has 2 saturated heterocycles. The van der Waals surface area contributed by atoms with Gasteiger partial charge in [-0.2, -0.15) is 0 Å². The molecule has 1 aliphatic carbocycles. The predicted molar refractivity (Wildman–Crippen MR) is 54.7 cm³/mol. The van der Waals surface area contributed by atoms with Gasteiger partial charge in [0.2, 0.25) is 0 Å². The molecule has 0 aromatic rings. The van der Waals surface area contributed by atoms with E-state index >= 15 is 0 Å². The summed E-state index contributed by atoms with van der Waals surface area (Å²) in [4.78, 5) is 2.89. The highest BCUT2D eigenvalue weighted by Crippen LogP contribution is 2.52. The van der Waals surface area contributed by atoms with Crippen LogP contribution in [0.3, 0.4) is 0 Å². The fourth-order valence-corrected chi connectivity index (χ4v) is 4.37. The van der Waals surface area contributed by atoms with Crippen molar-refractivity contribution in [2.45, 2.75) is 63.5 Å². The van der Waals surface area contributed by atoms with Crippen LogP contribution in [0.5, 0.6) is 0 Å². The van der Waals surface area contributed by atoms with Crippen LogP contribution in [-0.2, 0) is 0 Å². The number of hydrogen-bond donors (Lipinski definition) is 0. The van der Waals surface area contributed by atoms with Crippen LogP contribution in [0, 0.1) is 5.92 Å². The van der Waals surface area contributed by atoms with Gasteiger partial charge >= 0.3 is 0 Å². The van der Waals surface area contributed by atoms with E-state index in [9.17, 15) is 0 Å². The Labute approximate surface area is 81.5 Å². The summed E-state index contributed by atoms with van der Waals surface area (Å²) in [6.45, 7) is 3.81. The SMILES string of the molecule is CCC12CCCN1C1CCCC1C2. The minimum absolute atomic E-state index is 0.676. The lowest BCUT2D eigenvalue weighted by atomic mass is 9.87. The first-order valence-electron chi connectivity index (χ1n) is 6.12. The van der Waals surface area contributed by atoms with Crippen LogP contribution in [0.25, 0.3) is 0 Å². The van der Waals surface area contributed by atoms with Gasteiger partial charge < -0.3 is 0 Å². The molecule has 0 aromatic carbocycles. The summed E-state index contributed by atoms with van der Waals surface area (Å²) < 4.78 is 0. The second-order valence-corrected chi connectivity index (χ2v) is 5.34. The van der Waals surface area contributed by atoms with Crippen molar-refractivity contribution in [2.24, 2.45) is 5.92 Å². The zero-order valence-electron chi connectivity index (χ0n) is 8.76. The standard InChI is InChI=1S/C12H21N/c1-2-12-7-4-8-13(12)11-6-3-5-10(11)9-12/h10-11H,2-9H2,1H3. The van der Waals surface area contributed by atoms with Gasteiger partial charge in [-0.1, -0.05) is 13.3 Å². The van der Waals surface area contributed by atoms with E-state index in [2.05, 4.69) is 11.8 Å². The Morgan fingerprint density at radius 2 is 2.23 bits per heavy atom. The molecule has 0 amide bonds. The molecule has 3 aliphatic rings. The summed E-state index contributed by atoms with van der Waals surface area (Å²) in [5.41, 5.74) is 0.676. The third kappa shape index (κ3) is 0.971. The molecule has 0 spiro atoms. The minimum Gasteiger partial charge on any atom is -0.294 e. The molecule has 0 bridgehead atoms. The topological polar surface area (TPSA) is 3.24 Å². The second kappa shape index (κ2) is 2.73. The molecule has 0 N–H and O–H groups in total. The molecular weight excluding hydrogens is 158 g/mol. The van der Waals surface area contributed by atoms with Crippen molar-refractivity contribution in [3.8, 4) is 0 Å². The van der Waals surface area contributed by atoms with Crippen molar-refractivity contribution in [3.05, 3.63) is 0 Å². The highest BCUT2D eigenvalue weighted by molar-refractivity contribution is 5.08. The monoisotopic (exact) mass is 179 g/mol. The van der Waals surface area contributed by atoms with Crippen LogP contribution in [0.2, 0.25) is 0 Å². The van der Waals surface area contributed by atoms with Gasteiger partial charge in [-0.15, -0.1) is 0 Å². The van der Waals surface area contributed by atoms with Crippen LogP contribution >= 0.6 is 0 Å². The van der Waals surface area contributed by atoms with Gasteiger partial charge in [-0.25, -0.2) is 0 Å². The van der Waals surface area contributed by atoms with Crippen molar-refractivity contribution in [1.82, 2.24) is 4.90 Å². The van der Waals surface area contributed by atoms with Crippen molar-refractivity contribution >= 4 is 0 Å². The van der Waals surface area contributed by atoms with Crippen LogP contribution in [0.1, 0.15) is 51.9 Å². The molecule has 1 saturated carbocycles. The van der Waals surface area contributed by atoms with Crippen LogP contribution in [0.4, 0.5) is 0 Å². The Morgan fingerprint density at radius 3 is 3.08 bits per heavy atom. The summed E-state index contributed by atoms with van der Waals surface area (Å²) >= 11 is 0. The summed E-state index contributed by atoms with van der Waals surface area (Å²) in [7, 11) is 0. The lowest BCUT2D eigenvalue weighted by molar-refractivity contribution is 0.143. The van der Waals surface area contributed by atoms with Crippen LogP contribution in [0.15, 0.2) is 0 Å². The molecule has 74 valence electrons. The second-order valence-electron chi connectivity index (χ2n) is 5.34. The smallest absolute Gasteiger partial charge is 0.0213 e. The Balaban J connectivity index is 1.89. The van der Waals surface area contributed by atoms with E-state index in [1.807, 2.05) is 0 Å². The zero-order valence-corrected chi connectivity index (χ0v) is 8.76. The maximum atomic E-state index is 2.89. The maximum Gasteiger partial charge on any atom is 0.0213 e. The predicted octanol–water partition coefficient (Wildman–Crippen LogP) is 2.80. The summed E-state index contributed by atoms with van der Waals surface area (Å²) in [6.07, 6.45) is 10.4. The van der Waals surface area contributed by atoms with Crippen LogP contribution in [-0.4, -0.2) is 23.0 Å². The molecule has 13 heavy (non-hydrogen) atoms. The van der Waals surface area contributed by atoms with Crippen LogP contribution < -0.4 is 0 Å². The van der Waals surface area contributed by atoms with Gasteiger partial charge in [0.25, 0.3) is 0 Å². The summed E-state index contributed by atoms with van der Waals surface area (Å²) in [5, 5.41) is 0. The lowest BCUT2D eigenvalue weighted by Crippen LogP contribution is -2.41. The Hall–Kier alpha value is -0.0400. The summed E-state index contributed by atoms with van der Waals surface area (Å²) in [6, 6.07) is 1.00. The third-order valence-electron chi connectivity index (χ3n) is 4.97. The molecule has 3 atom stereocenters. The lowest BCUT2D eigenvalue weighted by Gasteiger charge is -2.34.